The van der Waals surface area contributed by atoms with E-state index in [0.29, 0.717) is 32.0 Å². The van der Waals surface area contributed by atoms with E-state index in [9.17, 15) is 5.11 Å². The molecule has 0 aliphatic carbocycles. The Hall–Kier alpha value is -1.19. The molecule has 0 radical (unpaired) electrons. The van der Waals surface area contributed by atoms with Crippen LogP contribution in [0.2, 0.25) is 15.1 Å². The summed E-state index contributed by atoms with van der Waals surface area (Å²) in [6, 6.07) is 12.1. The Kier molecular flexibility index (Phi) is 3.65. The van der Waals surface area contributed by atoms with Gasteiger partial charge in [0.1, 0.15) is 11.9 Å². The second kappa shape index (κ2) is 5.30. The minimum Gasteiger partial charge on any atom is -0.456 e. The van der Waals surface area contributed by atoms with E-state index >= 15 is 0 Å². The van der Waals surface area contributed by atoms with Gasteiger partial charge in [0.05, 0.1) is 5.02 Å². The maximum Gasteiger partial charge on any atom is 0.153 e. The van der Waals surface area contributed by atoms with Crippen molar-refractivity contribution in [2.24, 2.45) is 0 Å². The molecule has 0 amide bonds. The number of furan rings is 1. The Morgan fingerprint density at radius 3 is 2.45 bits per heavy atom. The Morgan fingerprint density at radius 1 is 0.950 bits per heavy atom. The van der Waals surface area contributed by atoms with Gasteiger partial charge in [-0.15, -0.1) is 0 Å². The summed E-state index contributed by atoms with van der Waals surface area (Å²) in [7, 11) is 0. The third-order valence-corrected chi connectivity index (χ3v) is 3.90. The highest BCUT2D eigenvalue weighted by Crippen LogP contribution is 2.35. The third-order valence-electron chi connectivity index (χ3n) is 3.04. The molecule has 2 nitrogen and oxygen atoms in total. The predicted octanol–water partition coefficient (Wildman–Crippen LogP) is 5.47. The van der Waals surface area contributed by atoms with Crippen LogP contribution in [-0.2, 0) is 0 Å². The van der Waals surface area contributed by atoms with Crippen LogP contribution in [0.15, 0.2) is 46.9 Å². The van der Waals surface area contributed by atoms with Crippen LogP contribution < -0.4 is 0 Å². The number of aliphatic hydroxyl groups is 1. The predicted molar refractivity (Wildman–Crippen MR) is 81.7 cm³/mol. The topological polar surface area (TPSA) is 33.4 Å². The molecule has 0 aliphatic heterocycles. The monoisotopic (exact) mass is 326 g/mol. The molecule has 1 aromatic heterocycles. The van der Waals surface area contributed by atoms with Crippen molar-refractivity contribution in [2.75, 3.05) is 0 Å². The summed E-state index contributed by atoms with van der Waals surface area (Å²) in [5.41, 5.74) is 1.08. The lowest BCUT2D eigenvalue weighted by Crippen LogP contribution is -1.98. The smallest absolute Gasteiger partial charge is 0.153 e. The maximum atomic E-state index is 10.4. The van der Waals surface area contributed by atoms with Crippen LogP contribution in [0.4, 0.5) is 0 Å². The number of halogens is 3. The van der Waals surface area contributed by atoms with E-state index in [1.54, 1.807) is 30.3 Å². The van der Waals surface area contributed by atoms with E-state index in [1.165, 1.54) is 0 Å². The quantitative estimate of drug-likeness (QED) is 0.676. The van der Waals surface area contributed by atoms with Gasteiger partial charge >= 0.3 is 0 Å². The average Bonchev–Trinajstić information content (AvgIpc) is 2.83. The number of hydrogen-bond donors (Lipinski definition) is 1. The first-order valence-electron chi connectivity index (χ1n) is 5.87. The molecular formula is C15H9Cl3O2. The van der Waals surface area contributed by atoms with Crippen molar-refractivity contribution < 1.29 is 9.52 Å². The Balaban J connectivity index is 2.08. The maximum absolute atomic E-state index is 10.4. The largest absolute Gasteiger partial charge is 0.456 e. The van der Waals surface area contributed by atoms with E-state index in [0.717, 1.165) is 5.39 Å². The second-order valence-electron chi connectivity index (χ2n) is 4.38. The zero-order valence-corrected chi connectivity index (χ0v) is 12.4. The van der Waals surface area contributed by atoms with Crippen LogP contribution in [-0.4, -0.2) is 5.11 Å². The molecule has 1 heterocycles. The van der Waals surface area contributed by atoms with Crippen molar-refractivity contribution in [3.8, 4) is 0 Å². The van der Waals surface area contributed by atoms with Crippen molar-refractivity contribution >= 4 is 45.8 Å². The molecule has 0 aliphatic rings. The van der Waals surface area contributed by atoms with Crippen LogP contribution in [0, 0.1) is 0 Å². The fourth-order valence-electron chi connectivity index (χ4n) is 2.06. The lowest BCUT2D eigenvalue weighted by atomic mass is 10.1. The molecule has 5 heteroatoms. The molecule has 102 valence electrons. The van der Waals surface area contributed by atoms with Gasteiger partial charge in [0.25, 0.3) is 0 Å². The number of rotatable bonds is 2. The van der Waals surface area contributed by atoms with Crippen molar-refractivity contribution in [2.45, 2.75) is 6.10 Å². The standard InChI is InChI=1S/C15H9Cl3O2/c16-9-4-5-10(12(18)7-9)14(19)13-6-8-2-1-3-11(17)15(8)20-13/h1-7,14,19H. The number of fused-ring (bicyclic) bond motifs is 1. The first kappa shape index (κ1) is 13.8. The minimum absolute atomic E-state index is 0.386. The molecule has 0 spiro atoms. The number of para-hydroxylation sites is 1. The molecule has 20 heavy (non-hydrogen) atoms. The summed E-state index contributed by atoms with van der Waals surface area (Å²) >= 11 is 18.0. The lowest BCUT2D eigenvalue weighted by molar-refractivity contribution is 0.192. The van der Waals surface area contributed by atoms with E-state index < -0.39 is 6.10 Å². The molecule has 1 N–H and O–H groups in total. The third kappa shape index (κ3) is 2.40. The van der Waals surface area contributed by atoms with Crippen molar-refractivity contribution in [1.82, 2.24) is 0 Å². The van der Waals surface area contributed by atoms with Gasteiger partial charge in [-0.2, -0.15) is 0 Å². The molecule has 0 saturated heterocycles. The molecule has 2 aromatic carbocycles. The van der Waals surface area contributed by atoms with Gasteiger partial charge in [-0.1, -0.05) is 53.0 Å². The molecule has 0 saturated carbocycles. The van der Waals surface area contributed by atoms with Crippen molar-refractivity contribution in [3.63, 3.8) is 0 Å². The zero-order valence-electron chi connectivity index (χ0n) is 10.1. The highest BCUT2D eigenvalue weighted by Gasteiger charge is 2.19. The van der Waals surface area contributed by atoms with Crippen LogP contribution in [0.3, 0.4) is 0 Å². The summed E-state index contributed by atoms with van der Waals surface area (Å²) in [6.07, 6.45) is -0.969. The van der Waals surface area contributed by atoms with Gasteiger partial charge in [-0.25, -0.2) is 0 Å². The fourth-order valence-corrected chi connectivity index (χ4v) is 2.79. The van der Waals surface area contributed by atoms with E-state index in [2.05, 4.69) is 0 Å². The fraction of sp³-hybridized carbons (Fsp3) is 0.0667. The minimum atomic E-state index is -0.969. The second-order valence-corrected chi connectivity index (χ2v) is 5.63. The lowest BCUT2D eigenvalue weighted by Gasteiger charge is -2.10. The van der Waals surface area contributed by atoms with Gasteiger partial charge in [-0.05, 0) is 24.3 Å². The molecule has 3 rings (SSSR count). The number of aliphatic hydroxyl groups excluding tert-OH is 1. The molecule has 1 unspecified atom stereocenters. The molecule has 1 atom stereocenters. The summed E-state index contributed by atoms with van der Waals surface area (Å²) in [5.74, 6) is 0.386. The molecule has 0 fully saturated rings. The summed E-state index contributed by atoms with van der Waals surface area (Å²) in [5, 5.41) is 12.6. The van der Waals surface area contributed by atoms with Gasteiger partial charge in [0.15, 0.2) is 5.58 Å². The first-order valence-corrected chi connectivity index (χ1v) is 7.00. The Bertz CT molecular complexity index is 780. The van der Waals surface area contributed by atoms with Gasteiger partial charge in [0.2, 0.25) is 0 Å². The normalized spacial score (nSPS) is 12.8. The first-order chi connectivity index (χ1) is 9.56. The van der Waals surface area contributed by atoms with Gasteiger partial charge in [0, 0.05) is 21.0 Å². The van der Waals surface area contributed by atoms with Gasteiger partial charge in [-0.3, -0.25) is 0 Å². The van der Waals surface area contributed by atoms with Crippen LogP contribution in [0.5, 0.6) is 0 Å². The molecular weight excluding hydrogens is 319 g/mol. The van der Waals surface area contributed by atoms with E-state index in [4.69, 9.17) is 39.2 Å². The molecule has 0 bridgehead atoms. The SMILES string of the molecule is OC(c1cc2cccc(Cl)c2o1)c1ccc(Cl)cc1Cl. The highest BCUT2D eigenvalue weighted by molar-refractivity contribution is 6.35. The average molecular weight is 328 g/mol. The van der Waals surface area contributed by atoms with E-state index in [-0.39, 0.29) is 0 Å². The molecule has 3 aromatic rings. The number of benzene rings is 2. The summed E-state index contributed by atoms with van der Waals surface area (Å²) in [4.78, 5) is 0. The Labute approximate surface area is 130 Å². The summed E-state index contributed by atoms with van der Waals surface area (Å²) in [6.45, 7) is 0. The van der Waals surface area contributed by atoms with Crippen LogP contribution in [0.1, 0.15) is 17.4 Å². The summed E-state index contributed by atoms with van der Waals surface area (Å²) < 4.78 is 5.63. The van der Waals surface area contributed by atoms with Crippen molar-refractivity contribution in [1.29, 1.82) is 0 Å². The zero-order chi connectivity index (χ0) is 14.3. The van der Waals surface area contributed by atoms with Crippen LogP contribution in [0.25, 0.3) is 11.0 Å². The highest BCUT2D eigenvalue weighted by atomic mass is 35.5. The van der Waals surface area contributed by atoms with Crippen LogP contribution >= 0.6 is 34.8 Å². The Morgan fingerprint density at radius 2 is 1.75 bits per heavy atom. The van der Waals surface area contributed by atoms with E-state index in [1.807, 2.05) is 12.1 Å². The number of hydrogen-bond acceptors (Lipinski definition) is 2. The van der Waals surface area contributed by atoms with Crippen molar-refractivity contribution in [3.05, 3.63) is 68.9 Å². The van der Waals surface area contributed by atoms with Gasteiger partial charge < -0.3 is 9.52 Å².